The second-order valence-corrected chi connectivity index (χ2v) is 6.84. The number of para-hydroxylation sites is 1. The van der Waals surface area contributed by atoms with Gasteiger partial charge in [0, 0.05) is 31.7 Å². The molecule has 1 fully saturated rings. The van der Waals surface area contributed by atoms with E-state index in [9.17, 15) is 9.90 Å². The van der Waals surface area contributed by atoms with Crippen molar-refractivity contribution in [3.8, 4) is 17.0 Å². The van der Waals surface area contributed by atoms with Crippen molar-refractivity contribution < 1.29 is 14.6 Å². The van der Waals surface area contributed by atoms with Gasteiger partial charge in [-0.15, -0.1) is 0 Å². The number of pyridine rings is 1. The first-order valence-electron chi connectivity index (χ1n) is 8.96. The molecule has 0 bridgehead atoms. The number of aromatic nitrogens is 1. The summed E-state index contributed by atoms with van der Waals surface area (Å²) in [5.74, 6) is 1.40. The molecule has 1 N–H and O–H groups in total. The van der Waals surface area contributed by atoms with Gasteiger partial charge in [-0.25, -0.2) is 9.78 Å². The average Bonchev–Trinajstić information content (AvgIpc) is 2.66. The van der Waals surface area contributed by atoms with Crippen LogP contribution in [-0.4, -0.2) is 53.9 Å². The zero-order valence-electron chi connectivity index (χ0n) is 15.3. The standard InChI is InChI=1S/C20H25N3O3/c1-15(2)14-26-20(25)23-12-10-22(11-13-23)19-9-5-7-17(21-19)16-6-3-4-8-18(16)24/h3-9,15,24H,10-14H2,1-2H3. The van der Waals surface area contributed by atoms with Gasteiger partial charge in [0.1, 0.15) is 11.6 Å². The van der Waals surface area contributed by atoms with Crippen LogP contribution >= 0.6 is 0 Å². The van der Waals surface area contributed by atoms with Crippen LogP contribution in [0, 0.1) is 5.92 Å². The lowest BCUT2D eigenvalue weighted by molar-refractivity contribution is 0.0901. The molecule has 0 aliphatic carbocycles. The summed E-state index contributed by atoms with van der Waals surface area (Å²) < 4.78 is 5.30. The summed E-state index contributed by atoms with van der Waals surface area (Å²) in [5, 5.41) is 10.0. The van der Waals surface area contributed by atoms with E-state index in [0.717, 1.165) is 11.5 Å². The number of hydrogen-bond donors (Lipinski definition) is 1. The van der Waals surface area contributed by atoms with Gasteiger partial charge in [0.05, 0.1) is 12.3 Å². The number of amides is 1. The Morgan fingerprint density at radius 3 is 2.54 bits per heavy atom. The zero-order chi connectivity index (χ0) is 18.5. The molecule has 1 aromatic carbocycles. The summed E-state index contributed by atoms with van der Waals surface area (Å²) >= 11 is 0. The Morgan fingerprint density at radius 1 is 1.12 bits per heavy atom. The lowest BCUT2D eigenvalue weighted by atomic mass is 10.1. The zero-order valence-corrected chi connectivity index (χ0v) is 15.3. The molecule has 0 spiro atoms. The fourth-order valence-corrected chi connectivity index (χ4v) is 2.89. The third-order valence-electron chi connectivity index (χ3n) is 4.32. The second-order valence-electron chi connectivity index (χ2n) is 6.84. The summed E-state index contributed by atoms with van der Waals surface area (Å²) in [6.45, 7) is 7.12. The maximum absolute atomic E-state index is 12.1. The fraction of sp³-hybridized carbons (Fsp3) is 0.400. The van der Waals surface area contributed by atoms with Crippen molar-refractivity contribution in [2.75, 3.05) is 37.7 Å². The molecular weight excluding hydrogens is 330 g/mol. The van der Waals surface area contributed by atoms with Gasteiger partial charge in [0.15, 0.2) is 0 Å². The van der Waals surface area contributed by atoms with E-state index < -0.39 is 0 Å². The molecule has 2 aromatic rings. The number of nitrogens with zero attached hydrogens (tertiary/aromatic N) is 3. The molecule has 1 aliphatic heterocycles. The molecule has 6 heteroatoms. The van der Waals surface area contributed by atoms with E-state index in [1.807, 2.05) is 44.2 Å². The normalized spacial score (nSPS) is 14.6. The molecule has 26 heavy (non-hydrogen) atoms. The lowest BCUT2D eigenvalue weighted by Crippen LogP contribution is -2.49. The predicted octanol–water partition coefficient (Wildman–Crippen LogP) is 3.37. The van der Waals surface area contributed by atoms with E-state index >= 15 is 0 Å². The van der Waals surface area contributed by atoms with Crippen LogP contribution in [0.2, 0.25) is 0 Å². The number of carbonyl (C=O) groups is 1. The predicted molar refractivity (Wildman–Crippen MR) is 101 cm³/mol. The summed E-state index contributed by atoms with van der Waals surface area (Å²) in [7, 11) is 0. The van der Waals surface area contributed by atoms with E-state index in [0.29, 0.717) is 44.3 Å². The van der Waals surface area contributed by atoms with Crippen LogP contribution in [0.4, 0.5) is 10.6 Å². The smallest absolute Gasteiger partial charge is 0.409 e. The maximum Gasteiger partial charge on any atom is 0.409 e. The van der Waals surface area contributed by atoms with Crippen LogP contribution in [0.1, 0.15) is 13.8 Å². The van der Waals surface area contributed by atoms with E-state index in [1.54, 1.807) is 17.0 Å². The summed E-state index contributed by atoms with van der Waals surface area (Å²) in [5.41, 5.74) is 1.45. The third kappa shape index (κ3) is 4.25. The Bertz CT molecular complexity index is 755. The Morgan fingerprint density at radius 2 is 1.85 bits per heavy atom. The average molecular weight is 355 g/mol. The Hall–Kier alpha value is -2.76. The number of ether oxygens (including phenoxy) is 1. The van der Waals surface area contributed by atoms with Crippen LogP contribution in [0.25, 0.3) is 11.3 Å². The third-order valence-corrected chi connectivity index (χ3v) is 4.32. The first-order chi connectivity index (χ1) is 12.5. The molecule has 0 saturated carbocycles. The monoisotopic (exact) mass is 355 g/mol. The van der Waals surface area contributed by atoms with Crippen LogP contribution < -0.4 is 4.90 Å². The first kappa shape index (κ1) is 18.0. The van der Waals surface area contributed by atoms with Gasteiger partial charge in [-0.1, -0.05) is 32.0 Å². The first-order valence-corrected chi connectivity index (χ1v) is 8.96. The Labute approximate surface area is 154 Å². The molecule has 138 valence electrons. The number of rotatable bonds is 4. The SMILES string of the molecule is CC(C)COC(=O)N1CCN(c2cccc(-c3ccccc3O)n2)CC1. The molecule has 1 aliphatic rings. The van der Waals surface area contributed by atoms with Gasteiger partial charge in [-0.2, -0.15) is 0 Å². The Kier molecular flexibility index (Phi) is 5.61. The van der Waals surface area contributed by atoms with Gasteiger partial charge in [-0.3, -0.25) is 0 Å². The quantitative estimate of drug-likeness (QED) is 0.911. The van der Waals surface area contributed by atoms with Crippen molar-refractivity contribution in [2.24, 2.45) is 5.92 Å². The van der Waals surface area contributed by atoms with Crippen LogP contribution in [0.5, 0.6) is 5.75 Å². The summed E-state index contributed by atoms with van der Waals surface area (Å²) in [6.07, 6.45) is -0.241. The topological polar surface area (TPSA) is 65.9 Å². The minimum absolute atomic E-state index is 0.217. The minimum Gasteiger partial charge on any atom is -0.507 e. The van der Waals surface area contributed by atoms with E-state index in [-0.39, 0.29) is 11.8 Å². The number of hydrogen-bond acceptors (Lipinski definition) is 5. The molecule has 1 amide bonds. The number of phenols is 1. The van der Waals surface area contributed by atoms with E-state index in [2.05, 4.69) is 9.88 Å². The van der Waals surface area contributed by atoms with Crippen molar-refractivity contribution in [2.45, 2.75) is 13.8 Å². The van der Waals surface area contributed by atoms with Crippen molar-refractivity contribution in [3.05, 3.63) is 42.5 Å². The lowest BCUT2D eigenvalue weighted by Gasteiger charge is -2.35. The molecule has 0 radical (unpaired) electrons. The molecule has 1 aromatic heterocycles. The molecular formula is C20H25N3O3. The molecule has 2 heterocycles. The highest BCUT2D eigenvalue weighted by Crippen LogP contribution is 2.28. The van der Waals surface area contributed by atoms with E-state index in [1.165, 1.54) is 0 Å². The number of phenolic OH excluding ortho intramolecular Hbond substituents is 1. The van der Waals surface area contributed by atoms with Crippen LogP contribution in [0.15, 0.2) is 42.5 Å². The molecule has 1 saturated heterocycles. The van der Waals surface area contributed by atoms with Gasteiger partial charge < -0.3 is 19.6 Å². The van der Waals surface area contributed by atoms with Crippen LogP contribution in [-0.2, 0) is 4.74 Å². The highest BCUT2D eigenvalue weighted by Gasteiger charge is 2.23. The van der Waals surface area contributed by atoms with Gasteiger partial charge >= 0.3 is 6.09 Å². The Balaban J connectivity index is 1.64. The highest BCUT2D eigenvalue weighted by molar-refractivity contribution is 5.69. The number of carbonyl (C=O) groups excluding carboxylic acids is 1. The molecule has 6 nitrogen and oxygen atoms in total. The molecule has 0 atom stereocenters. The fourth-order valence-electron chi connectivity index (χ4n) is 2.89. The van der Waals surface area contributed by atoms with Gasteiger partial charge in [0.25, 0.3) is 0 Å². The van der Waals surface area contributed by atoms with Crippen molar-refractivity contribution >= 4 is 11.9 Å². The van der Waals surface area contributed by atoms with Crippen LogP contribution in [0.3, 0.4) is 0 Å². The number of benzene rings is 1. The number of aromatic hydroxyl groups is 1. The minimum atomic E-state index is -0.241. The van der Waals surface area contributed by atoms with Gasteiger partial charge in [0.2, 0.25) is 0 Å². The van der Waals surface area contributed by atoms with Crippen molar-refractivity contribution in [1.29, 1.82) is 0 Å². The largest absolute Gasteiger partial charge is 0.507 e. The van der Waals surface area contributed by atoms with Gasteiger partial charge in [-0.05, 0) is 30.2 Å². The second kappa shape index (κ2) is 8.08. The van der Waals surface area contributed by atoms with E-state index in [4.69, 9.17) is 4.74 Å². The van der Waals surface area contributed by atoms with Crippen molar-refractivity contribution in [3.63, 3.8) is 0 Å². The summed E-state index contributed by atoms with van der Waals surface area (Å²) in [6, 6.07) is 13.0. The molecule has 3 rings (SSSR count). The number of piperazine rings is 1. The van der Waals surface area contributed by atoms with Crippen molar-refractivity contribution in [1.82, 2.24) is 9.88 Å². The highest BCUT2D eigenvalue weighted by atomic mass is 16.6. The molecule has 0 unspecified atom stereocenters. The summed E-state index contributed by atoms with van der Waals surface area (Å²) in [4.78, 5) is 20.6. The maximum atomic E-state index is 12.1. The number of anilines is 1.